The van der Waals surface area contributed by atoms with E-state index in [1.807, 2.05) is 13.8 Å². The van der Waals surface area contributed by atoms with Crippen LogP contribution in [0.3, 0.4) is 0 Å². The highest BCUT2D eigenvalue weighted by molar-refractivity contribution is 5.83. The molecule has 0 aromatic carbocycles. The van der Waals surface area contributed by atoms with Crippen molar-refractivity contribution in [2.75, 3.05) is 6.61 Å². The van der Waals surface area contributed by atoms with Gasteiger partial charge in [-0.05, 0) is 44.6 Å². The Morgan fingerprint density at radius 1 is 1.10 bits per heavy atom. The maximum atomic E-state index is 11.3. The topological polar surface area (TPSA) is 26.3 Å². The zero-order valence-corrected chi connectivity index (χ0v) is 14.2. The summed E-state index contributed by atoms with van der Waals surface area (Å²) in [7, 11) is 0. The van der Waals surface area contributed by atoms with Crippen molar-refractivity contribution in [2.45, 2.75) is 67.2 Å². The number of esters is 1. The lowest BCUT2D eigenvalue weighted by atomic mass is 9.94. The first kappa shape index (κ1) is 18.9. The third-order valence-corrected chi connectivity index (χ3v) is 3.26. The van der Waals surface area contributed by atoms with E-state index in [4.69, 9.17) is 4.74 Å². The molecule has 0 aliphatic rings. The highest BCUT2D eigenvalue weighted by atomic mass is 16.5. The lowest BCUT2D eigenvalue weighted by molar-refractivity contribution is -0.137. The number of rotatable bonds is 9. The van der Waals surface area contributed by atoms with Gasteiger partial charge in [-0.1, -0.05) is 51.7 Å². The molecule has 0 aromatic heterocycles. The Bertz CT molecular complexity index is 337. The maximum absolute atomic E-state index is 11.3. The average Bonchev–Trinajstić information content (AvgIpc) is 2.27. The van der Waals surface area contributed by atoms with Gasteiger partial charge in [-0.2, -0.15) is 0 Å². The molecule has 0 saturated carbocycles. The van der Waals surface area contributed by atoms with E-state index in [-0.39, 0.29) is 5.97 Å². The standard InChI is InChI=1S/C18H32O2/c1-7-20-18(19)13-17(6)12-16(5)11-15(4)10-8-9-14(2)3/h12-15H,7-11H2,1-6H3/b16-12+,17-13+. The number of allylic oxidation sites excluding steroid dienone is 3. The van der Waals surface area contributed by atoms with Crippen molar-refractivity contribution >= 4 is 5.97 Å². The largest absolute Gasteiger partial charge is 0.463 e. The molecule has 1 unspecified atom stereocenters. The van der Waals surface area contributed by atoms with Gasteiger partial charge in [-0.15, -0.1) is 0 Å². The molecular weight excluding hydrogens is 248 g/mol. The minimum atomic E-state index is -0.251. The second kappa shape index (κ2) is 10.7. The van der Waals surface area contributed by atoms with Gasteiger partial charge in [0, 0.05) is 6.08 Å². The highest BCUT2D eigenvalue weighted by Crippen LogP contribution is 2.19. The van der Waals surface area contributed by atoms with Crippen LogP contribution < -0.4 is 0 Å². The fourth-order valence-electron chi connectivity index (χ4n) is 2.39. The lowest BCUT2D eigenvalue weighted by Crippen LogP contribution is -2.00. The van der Waals surface area contributed by atoms with Crippen LogP contribution in [0.1, 0.15) is 67.2 Å². The van der Waals surface area contributed by atoms with Gasteiger partial charge >= 0.3 is 5.97 Å². The summed E-state index contributed by atoms with van der Waals surface area (Å²) in [4.78, 5) is 11.3. The number of ether oxygens (including phenoxy) is 1. The molecule has 0 N–H and O–H groups in total. The Morgan fingerprint density at radius 2 is 1.75 bits per heavy atom. The minimum Gasteiger partial charge on any atom is -0.463 e. The fourth-order valence-corrected chi connectivity index (χ4v) is 2.39. The predicted molar refractivity (Wildman–Crippen MR) is 86.6 cm³/mol. The smallest absolute Gasteiger partial charge is 0.330 e. The summed E-state index contributed by atoms with van der Waals surface area (Å²) in [5.74, 6) is 1.26. The molecule has 0 fully saturated rings. The molecule has 0 spiro atoms. The van der Waals surface area contributed by atoms with E-state index in [0.717, 1.165) is 17.9 Å². The van der Waals surface area contributed by atoms with Crippen molar-refractivity contribution in [3.05, 3.63) is 23.3 Å². The minimum absolute atomic E-state index is 0.251. The highest BCUT2D eigenvalue weighted by Gasteiger charge is 2.05. The summed E-state index contributed by atoms with van der Waals surface area (Å²) in [5.41, 5.74) is 2.30. The van der Waals surface area contributed by atoms with Crippen molar-refractivity contribution in [2.24, 2.45) is 11.8 Å². The van der Waals surface area contributed by atoms with Crippen LogP contribution in [0.5, 0.6) is 0 Å². The Labute approximate surface area is 125 Å². The summed E-state index contributed by atoms with van der Waals surface area (Å²) < 4.78 is 4.91. The zero-order chi connectivity index (χ0) is 15.5. The van der Waals surface area contributed by atoms with Crippen molar-refractivity contribution < 1.29 is 9.53 Å². The summed E-state index contributed by atoms with van der Waals surface area (Å²) in [6, 6.07) is 0. The molecule has 0 heterocycles. The number of carbonyl (C=O) groups is 1. The van der Waals surface area contributed by atoms with Gasteiger partial charge in [0.15, 0.2) is 0 Å². The number of hydrogen-bond acceptors (Lipinski definition) is 2. The summed E-state index contributed by atoms with van der Waals surface area (Å²) in [5, 5.41) is 0. The second-order valence-corrected chi connectivity index (χ2v) is 6.27. The van der Waals surface area contributed by atoms with E-state index < -0.39 is 0 Å². The molecule has 2 nitrogen and oxygen atoms in total. The van der Waals surface area contributed by atoms with Gasteiger partial charge in [-0.25, -0.2) is 4.79 Å². The van der Waals surface area contributed by atoms with Crippen molar-refractivity contribution in [1.29, 1.82) is 0 Å². The quantitative estimate of drug-likeness (QED) is 0.326. The van der Waals surface area contributed by atoms with Gasteiger partial charge in [0.2, 0.25) is 0 Å². The summed E-state index contributed by atoms with van der Waals surface area (Å²) in [6.07, 6.45) is 8.67. The van der Waals surface area contributed by atoms with Gasteiger partial charge in [0.1, 0.15) is 0 Å². The van der Waals surface area contributed by atoms with Crippen LogP contribution in [0.4, 0.5) is 0 Å². The summed E-state index contributed by atoms with van der Waals surface area (Å²) >= 11 is 0. The van der Waals surface area contributed by atoms with E-state index in [1.54, 1.807) is 6.08 Å². The maximum Gasteiger partial charge on any atom is 0.330 e. The Balaban J connectivity index is 4.20. The molecule has 0 aliphatic heterocycles. The molecule has 116 valence electrons. The molecule has 0 radical (unpaired) electrons. The zero-order valence-electron chi connectivity index (χ0n) is 14.2. The van der Waals surface area contributed by atoms with E-state index in [1.165, 1.54) is 24.8 Å². The second-order valence-electron chi connectivity index (χ2n) is 6.27. The number of hydrogen-bond donors (Lipinski definition) is 0. The SMILES string of the molecule is CCOC(=O)/C=C(C)/C=C(\C)CC(C)CCCC(C)C. The van der Waals surface area contributed by atoms with Crippen LogP contribution >= 0.6 is 0 Å². The molecule has 20 heavy (non-hydrogen) atoms. The first-order valence-electron chi connectivity index (χ1n) is 7.87. The first-order valence-corrected chi connectivity index (χ1v) is 7.87. The van der Waals surface area contributed by atoms with Crippen molar-refractivity contribution in [3.63, 3.8) is 0 Å². The van der Waals surface area contributed by atoms with Crippen LogP contribution in [0.25, 0.3) is 0 Å². The Morgan fingerprint density at radius 3 is 2.30 bits per heavy atom. The molecule has 2 heteroatoms. The van der Waals surface area contributed by atoms with Crippen LogP contribution in [-0.2, 0) is 9.53 Å². The Hall–Kier alpha value is -1.05. The third kappa shape index (κ3) is 10.8. The monoisotopic (exact) mass is 280 g/mol. The fraction of sp³-hybridized carbons (Fsp3) is 0.722. The molecular formula is C18H32O2. The third-order valence-electron chi connectivity index (χ3n) is 3.26. The van der Waals surface area contributed by atoms with Crippen molar-refractivity contribution in [1.82, 2.24) is 0 Å². The number of carbonyl (C=O) groups excluding carboxylic acids is 1. The van der Waals surface area contributed by atoms with E-state index in [9.17, 15) is 4.79 Å². The molecule has 0 aromatic rings. The van der Waals surface area contributed by atoms with Crippen LogP contribution in [0, 0.1) is 11.8 Å². The van der Waals surface area contributed by atoms with Gasteiger partial charge in [-0.3, -0.25) is 0 Å². The molecule has 0 saturated heterocycles. The van der Waals surface area contributed by atoms with Gasteiger partial charge in [0.05, 0.1) is 6.61 Å². The van der Waals surface area contributed by atoms with Gasteiger partial charge < -0.3 is 4.74 Å². The van der Waals surface area contributed by atoms with E-state index in [2.05, 4.69) is 33.8 Å². The predicted octanol–water partition coefficient (Wildman–Crippen LogP) is 5.29. The average molecular weight is 280 g/mol. The van der Waals surface area contributed by atoms with E-state index >= 15 is 0 Å². The Kier molecular flexibility index (Phi) is 10.1. The van der Waals surface area contributed by atoms with Crippen LogP contribution in [0.2, 0.25) is 0 Å². The molecule has 0 amide bonds. The van der Waals surface area contributed by atoms with Crippen LogP contribution in [0.15, 0.2) is 23.3 Å². The van der Waals surface area contributed by atoms with Crippen molar-refractivity contribution in [3.8, 4) is 0 Å². The van der Waals surface area contributed by atoms with E-state index in [0.29, 0.717) is 12.5 Å². The van der Waals surface area contributed by atoms with Gasteiger partial charge in [0.25, 0.3) is 0 Å². The molecule has 0 aliphatic carbocycles. The first-order chi connectivity index (χ1) is 9.35. The normalized spacial score (nSPS) is 14.6. The molecule has 1 atom stereocenters. The molecule has 0 rings (SSSR count). The summed E-state index contributed by atoms with van der Waals surface area (Å²) in [6.45, 7) is 13.2. The van der Waals surface area contributed by atoms with Crippen LogP contribution in [-0.4, -0.2) is 12.6 Å². The molecule has 0 bridgehead atoms. The lowest BCUT2D eigenvalue weighted by Gasteiger charge is -2.12.